The Morgan fingerprint density at radius 2 is 2.08 bits per heavy atom. The van der Waals surface area contributed by atoms with Gasteiger partial charge >= 0.3 is 0 Å². The first-order valence-electron chi connectivity index (χ1n) is 8.27. The Morgan fingerprint density at radius 3 is 2.58 bits per heavy atom. The molecule has 0 aliphatic carbocycles. The van der Waals surface area contributed by atoms with Crippen LogP contribution in [0.5, 0.6) is 0 Å². The Hall–Kier alpha value is -1.99. The SMILES string of the molecule is CCC1(CO)CCN(CC(=O)Nc2ccc([N+](=O)[O-])cc2C)CC1. The largest absolute Gasteiger partial charge is 0.396 e. The number of rotatable bonds is 6. The number of non-ortho nitro benzene ring substituents is 1. The van der Waals surface area contributed by atoms with Gasteiger partial charge in [-0.3, -0.25) is 19.8 Å². The van der Waals surface area contributed by atoms with E-state index < -0.39 is 4.92 Å². The molecule has 24 heavy (non-hydrogen) atoms. The number of nitro groups is 1. The van der Waals surface area contributed by atoms with Crippen LogP contribution in [0.25, 0.3) is 0 Å². The third kappa shape index (κ3) is 4.30. The van der Waals surface area contributed by atoms with Crippen LogP contribution >= 0.6 is 0 Å². The van der Waals surface area contributed by atoms with E-state index in [0.29, 0.717) is 17.8 Å². The molecule has 1 saturated heterocycles. The molecule has 0 bridgehead atoms. The molecule has 1 heterocycles. The Balaban J connectivity index is 1.89. The van der Waals surface area contributed by atoms with Crippen molar-refractivity contribution in [2.75, 3.05) is 31.6 Å². The van der Waals surface area contributed by atoms with Gasteiger partial charge in [0.15, 0.2) is 0 Å². The van der Waals surface area contributed by atoms with Crippen LogP contribution in [0.15, 0.2) is 18.2 Å². The molecule has 1 amide bonds. The quantitative estimate of drug-likeness (QED) is 0.614. The molecule has 7 nitrogen and oxygen atoms in total. The zero-order chi connectivity index (χ0) is 17.7. The van der Waals surface area contributed by atoms with E-state index in [-0.39, 0.29) is 23.6 Å². The fourth-order valence-corrected chi connectivity index (χ4v) is 3.10. The highest BCUT2D eigenvalue weighted by atomic mass is 16.6. The molecule has 1 aromatic carbocycles. The normalized spacial score (nSPS) is 17.5. The van der Waals surface area contributed by atoms with E-state index in [0.717, 1.165) is 32.4 Å². The maximum absolute atomic E-state index is 12.2. The van der Waals surface area contributed by atoms with Gasteiger partial charge < -0.3 is 10.4 Å². The number of hydrogen-bond acceptors (Lipinski definition) is 5. The number of nitrogens with one attached hydrogen (secondary N) is 1. The number of likely N-dealkylation sites (tertiary alicyclic amines) is 1. The van der Waals surface area contributed by atoms with Gasteiger partial charge in [0, 0.05) is 24.4 Å². The molecular weight excluding hydrogens is 310 g/mol. The third-order valence-electron chi connectivity index (χ3n) is 5.06. The second kappa shape index (κ2) is 7.72. The minimum atomic E-state index is -0.451. The van der Waals surface area contributed by atoms with Crippen molar-refractivity contribution in [1.82, 2.24) is 4.90 Å². The summed E-state index contributed by atoms with van der Waals surface area (Å²) in [6.07, 6.45) is 2.74. The monoisotopic (exact) mass is 335 g/mol. The Kier molecular flexibility index (Phi) is 5.90. The van der Waals surface area contributed by atoms with Gasteiger partial charge in [0.1, 0.15) is 0 Å². The maximum Gasteiger partial charge on any atom is 0.269 e. The van der Waals surface area contributed by atoms with Crippen LogP contribution in [0.4, 0.5) is 11.4 Å². The average Bonchev–Trinajstić information content (AvgIpc) is 2.57. The number of piperidine rings is 1. The highest BCUT2D eigenvalue weighted by molar-refractivity contribution is 5.93. The van der Waals surface area contributed by atoms with E-state index in [4.69, 9.17) is 0 Å². The lowest BCUT2D eigenvalue weighted by atomic mass is 9.77. The number of carbonyl (C=O) groups is 1. The van der Waals surface area contributed by atoms with Crippen LogP contribution in [-0.4, -0.2) is 47.1 Å². The summed E-state index contributed by atoms with van der Waals surface area (Å²) in [5, 5.41) is 23.1. The molecule has 0 unspecified atom stereocenters. The fraction of sp³-hybridized carbons (Fsp3) is 0.588. The lowest BCUT2D eigenvalue weighted by molar-refractivity contribution is -0.384. The summed E-state index contributed by atoms with van der Waals surface area (Å²) in [4.78, 5) is 24.6. The molecule has 132 valence electrons. The number of aliphatic hydroxyl groups is 1. The van der Waals surface area contributed by atoms with E-state index in [1.807, 2.05) is 0 Å². The summed E-state index contributed by atoms with van der Waals surface area (Å²) in [5.74, 6) is -0.125. The number of aryl methyl sites for hydroxylation is 1. The van der Waals surface area contributed by atoms with Crippen molar-refractivity contribution in [3.63, 3.8) is 0 Å². The van der Waals surface area contributed by atoms with Crippen LogP contribution in [0.2, 0.25) is 0 Å². The van der Waals surface area contributed by atoms with Gasteiger partial charge in [0.2, 0.25) is 5.91 Å². The number of nitrogens with zero attached hydrogens (tertiary/aromatic N) is 2. The van der Waals surface area contributed by atoms with Crippen molar-refractivity contribution in [1.29, 1.82) is 0 Å². The van der Waals surface area contributed by atoms with E-state index in [9.17, 15) is 20.0 Å². The predicted molar refractivity (Wildman–Crippen MR) is 91.9 cm³/mol. The molecule has 0 saturated carbocycles. The molecule has 1 aliphatic rings. The van der Waals surface area contributed by atoms with E-state index >= 15 is 0 Å². The van der Waals surface area contributed by atoms with E-state index in [1.54, 1.807) is 13.0 Å². The highest BCUT2D eigenvalue weighted by Gasteiger charge is 2.32. The Morgan fingerprint density at radius 1 is 1.42 bits per heavy atom. The topological polar surface area (TPSA) is 95.7 Å². The zero-order valence-corrected chi connectivity index (χ0v) is 14.2. The number of nitro benzene ring substituents is 1. The van der Waals surface area contributed by atoms with Gasteiger partial charge in [0.05, 0.1) is 11.5 Å². The number of anilines is 1. The van der Waals surface area contributed by atoms with Crippen molar-refractivity contribution in [2.45, 2.75) is 33.1 Å². The standard InChI is InChI=1S/C17H25N3O4/c1-3-17(12-21)6-8-19(9-7-17)11-16(22)18-15-5-4-14(20(23)24)10-13(15)2/h4-5,10,21H,3,6-9,11-12H2,1-2H3,(H,18,22). The van der Waals surface area contributed by atoms with Crippen molar-refractivity contribution in [3.8, 4) is 0 Å². The van der Waals surface area contributed by atoms with Crippen LogP contribution in [-0.2, 0) is 4.79 Å². The molecule has 0 radical (unpaired) electrons. The fourth-order valence-electron chi connectivity index (χ4n) is 3.10. The number of aliphatic hydroxyl groups excluding tert-OH is 1. The number of benzene rings is 1. The first-order chi connectivity index (χ1) is 11.4. The molecule has 1 aliphatic heterocycles. The third-order valence-corrected chi connectivity index (χ3v) is 5.06. The van der Waals surface area contributed by atoms with Crippen molar-refractivity contribution in [2.24, 2.45) is 5.41 Å². The summed E-state index contributed by atoms with van der Waals surface area (Å²) >= 11 is 0. The van der Waals surface area contributed by atoms with Gasteiger partial charge in [-0.25, -0.2) is 0 Å². The summed E-state index contributed by atoms with van der Waals surface area (Å²) in [6.45, 7) is 5.91. The second-order valence-corrected chi connectivity index (χ2v) is 6.59. The average molecular weight is 335 g/mol. The molecule has 0 atom stereocenters. The van der Waals surface area contributed by atoms with Crippen molar-refractivity contribution >= 4 is 17.3 Å². The van der Waals surface area contributed by atoms with E-state index in [2.05, 4.69) is 17.1 Å². The maximum atomic E-state index is 12.2. The molecule has 7 heteroatoms. The second-order valence-electron chi connectivity index (χ2n) is 6.59. The first kappa shape index (κ1) is 18.4. The molecule has 1 aromatic rings. The Bertz CT molecular complexity index is 604. The summed E-state index contributed by atoms with van der Waals surface area (Å²) in [5.41, 5.74) is 1.28. The molecule has 0 aromatic heterocycles. The summed E-state index contributed by atoms with van der Waals surface area (Å²) in [7, 11) is 0. The number of hydrogen-bond donors (Lipinski definition) is 2. The lowest BCUT2D eigenvalue weighted by Crippen LogP contribution is -2.44. The molecule has 2 rings (SSSR count). The van der Waals surface area contributed by atoms with Gasteiger partial charge in [-0.1, -0.05) is 6.92 Å². The van der Waals surface area contributed by atoms with E-state index in [1.165, 1.54) is 12.1 Å². The van der Waals surface area contributed by atoms with Gasteiger partial charge in [-0.15, -0.1) is 0 Å². The molecule has 0 spiro atoms. The van der Waals surface area contributed by atoms with Crippen LogP contribution in [0.1, 0.15) is 31.7 Å². The smallest absolute Gasteiger partial charge is 0.269 e. The van der Waals surface area contributed by atoms with Crippen LogP contribution < -0.4 is 5.32 Å². The minimum absolute atomic E-state index is 0.00191. The van der Waals surface area contributed by atoms with Crippen molar-refractivity contribution < 1.29 is 14.8 Å². The van der Waals surface area contributed by atoms with Gasteiger partial charge in [-0.05, 0) is 56.3 Å². The highest BCUT2D eigenvalue weighted by Crippen LogP contribution is 2.34. The summed E-state index contributed by atoms with van der Waals surface area (Å²) in [6, 6.07) is 4.41. The number of carbonyl (C=O) groups excluding carboxylic acids is 1. The van der Waals surface area contributed by atoms with Crippen LogP contribution in [0.3, 0.4) is 0 Å². The first-order valence-corrected chi connectivity index (χ1v) is 8.27. The van der Waals surface area contributed by atoms with Crippen LogP contribution in [0, 0.1) is 22.5 Å². The number of amides is 1. The minimum Gasteiger partial charge on any atom is -0.396 e. The molecular formula is C17H25N3O4. The predicted octanol–water partition coefficient (Wildman–Crippen LogP) is 2.33. The van der Waals surface area contributed by atoms with Gasteiger partial charge in [-0.2, -0.15) is 0 Å². The zero-order valence-electron chi connectivity index (χ0n) is 14.2. The van der Waals surface area contributed by atoms with Crippen molar-refractivity contribution in [3.05, 3.63) is 33.9 Å². The molecule has 2 N–H and O–H groups in total. The summed E-state index contributed by atoms with van der Waals surface area (Å²) < 4.78 is 0. The Labute approximate surface area is 141 Å². The van der Waals surface area contributed by atoms with Gasteiger partial charge in [0.25, 0.3) is 5.69 Å². The lowest BCUT2D eigenvalue weighted by Gasteiger charge is -2.39. The molecule has 1 fully saturated rings.